The smallest absolute Gasteiger partial charge is 0.329 e. The van der Waals surface area contributed by atoms with Crippen molar-refractivity contribution in [3.05, 3.63) is 16.3 Å². The van der Waals surface area contributed by atoms with Gasteiger partial charge >= 0.3 is 5.69 Å². The maximum Gasteiger partial charge on any atom is 0.329 e. The molecule has 2 heterocycles. The van der Waals surface area contributed by atoms with Gasteiger partial charge < -0.3 is 10.2 Å². The zero-order valence-corrected chi connectivity index (χ0v) is 11.5. The number of piperidine rings is 1. The van der Waals surface area contributed by atoms with Gasteiger partial charge in [-0.1, -0.05) is 6.92 Å². The minimum Gasteiger partial charge on any atom is -0.357 e. The predicted molar refractivity (Wildman–Crippen MR) is 73.4 cm³/mol. The molecule has 1 aliphatic heterocycles. The lowest BCUT2D eigenvalue weighted by Crippen LogP contribution is -2.43. The van der Waals surface area contributed by atoms with Gasteiger partial charge in [0.1, 0.15) is 6.20 Å². The van der Waals surface area contributed by atoms with Crippen molar-refractivity contribution >= 4 is 17.5 Å². The fourth-order valence-electron chi connectivity index (χ4n) is 2.46. The Morgan fingerprint density at radius 2 is 2.26 bits per heavy atom. The quantitative estimate of drug-likeness (QED) is 0.665. The summed E-state index contributed by atoms with van der Waals surface area (Å²) in [5, 5.41) is 14.0. The Balaban J connectivity index is 2.43. The highest BCUT2D eigenvalue weighted by Gasteiger charge is 2.31. The highest BCUT2D eigenvalue weighted by atomic mass is 16.6. The van der Waals surface area contributed by atoms with E-state index in [1.165, 1.54) is 6.20 Å². The van der Waals surface area contributed by atoms with Crippen molar-refractivity contribution < 1.29 is 4.92 Å². The zero-order chi connectivity index (χ0) is 14.0. The summed E-state index contributed by atoms with van der Waals surface area (Å²) in [5.41, 5.74) is -0.0278. The zero-order valence-electron chi connectivity index (χ0n) is 11.5. The monoisotopic (exact) mass is 265 g/mol. The first-order valence-corrected chi connectivity index (χ1v) is 6.50. The van der Waals surface area contributed by atoms with Gasteiger partial charge in [-0.15, -0.1) is 0 Å². The molecule has 1 N–H and O–H groups in total. The van der Waals surface area contributed by atoms with Crippen LogP contribution in [0.2, 0.25) is 0 Å². The van der Waals surface area contributed by atoms with Crippen LogP contribution in [0.3, 0.4) is 0 Å². The van der Waals surface area contributed by atoms with Crippen molar-refractivity contribution in [2.45, 2.75) is 32.7 Å². The Labute approximate surface area is 112 Å². The van der Waals surface area contributed by atoms with Crippen molar-refractivity contribution in [2.75, 3.05) is 23.8 Å². The first-order valence-electron chi connectivity index (χ1n) is 6.50. The van der Waals surface area contributed by atoms with E-state index in [9.17, 15) is 10.1 Å². The van der Waals surface area contributed by atoms with Gasteiger partial charge in [-0.05, 0) is 25.7 Å². The van der Waals surface area contributed by atoms with Crippen molar-refractivity contribution in [3.8, 4) is 0 Å². The lowest BCUT2D eigenvalue weighted by molar-refractivity contribution is -0.384. The Hall–Kier alpha value is -1.92. The Morgan fingerprint density at radius 1 is 1.53 bits per heavy atom. The molecule has 1 saturated heterocycles. The SMILES string of the molecule is CNc1ncc([N+](=O)[O-])c(N2CCCC(C)C2C)n1. The van der Waals surface area contributed by atoms with E-state index < -0.39 is 4.92 Å². The molecule has 7 heteroatoms. The summed E-state index contributed by atoms with van der Waals surface area (Å²) in [4.78, 5) is 20.9. The number of hydrogen-bond donors (Lipinski definition) is 1. The maximum absolute atomic E-state index is 11.1. The Bertz CT molecular complexity index is 479. The topological polar surface area (TPSA) is 84.2 Å². The van der Waals surface area contributed by atoms with E-state index >= 15 is 0 Å². The van der Waals surface area contributed by atoms with Crippen LogP contribution in [-0.4, -0.2) is 34.5 Å². The molecule has 2 unspecified atom stereocenters. The van der Waals surface area contributed by atoms with E-state index in [1.54, 1.807) is 7.05 Å². The third-order valence-corrected chi connectivity index (χ3v) is 3.82. The van der Waals surface area contributed by atoms with Crippen molar-refractivity contribution in [1.82, 2.24) is 9.97 Å². The molecule has 0 bridgehead atoms. The van der Waals surface area contributed by atoms with Gasteiger partial charge in [-0.3, -0.25) is 10.1 Å². The number of rotatable bonds is 3. The lowest BCUT2D eigenvalue weighted by atomic mass is 9.92. The molecule has 1 aromatic heterocycles. The highest BCUT2D eigenvalue weighted by molar-refractivity contribution is 5.59. The summed E-state index contributed by atoms with van der Waals surface area (Å²) < 4.78 is 0. The van der Waals surface area contributed by atoms with Crippen molar-refractivity contribution in [2.24, 2.45) is 5.92 Å². The number of hydrogen-bond acceptors (Lipinski definition) is 6. The molecule has 0 amide bonds. The maximum atomic E-state index is 11.1. The van der Waals surface area contributed by atoms with Crippen LogP contribution < -0.4 is 10.2 Å². The summed E-state index contributed by atoms with van der Waals surface area (Å²) in [5.74, 6) is 1.33. The first kappa shape index (κ1) is 13.5. The van der Waals surface area contributed by atoms with Crippen LogP contribution in [0.5, 0.6) is 0 Å². The Morgan fingerprint density at radius 3 is 2.89 bits per heavy atom. The fraction of sp³-hybridized carbons (Fsp3) is 0.667. The van der Waals surface area contributed by atoms with Gasteiger partial charge in [-0.2, -0.15) is 4.98 Å². The second-order valence-electron chi connectivity index (χ2n) is 4.96. The average Bonchev–Trinajstić information content (AvgIpc) is 2.41. The highest BCUT2D eigenvalue weighted by Crippen LogP contribution is 2.33. The van der Waals surface area contributed by atoms with Gasteiger partial charge in [0.05, 0.1) is 4.92 Å². The predicted octanol–water partition coefficient (Wildman–Crippen LogP) is 2.05. The molecule has 0 saturated carbocycles. The van der Waals surface area contributed by atoms with Crippen LogP contribution in [0, 0.1) is 16.0 Å². The van der Waals surface area contributed by atoms with Gasteiger partial charge in [-0.25, -0.2) is 4.98 Å². The number of aromatic nitrogens is 2. The second-order valence-corrected chi connectivity index (χ2v) is 4.96. The van der Waals surface area contributed by atoms with Crippen molar-refractivity contribution in [3.63, 3.8) is 0 Å². The van der Waals surface area contributed by atoms with Crippen molar-refractivity contribution in [1.29, 1.82) is 0 Å². The van der Waals surface area contributed by atoms with E-state index in [0.717, 1.165) is 19.4 Å². The van der Waals surface area contributed by atoms with Crippen LogP contribution in [0.1, 0.15) is 26.7 Å². The molecule has 2 rings (SSSR count). The van der Waals surface area contributed by atoms with Gasteiger partial charge in [0.2, 0.25) is 11.8 Å². The molecule has 19 heavy (non-hydrogen) atoms. The minimum absolute atomic E-state index is 0.0278. The van der Waals surface area contributed by atoms with Gasteiger partial charge in [0.15, 0.2) is 0 Å². The lowest BCUT2D eigenvalue weighted by Gasteiger charge is -2.38. The van der Waals surface area contributed by atoms with Crippen LogP contribution in [0.25, 0.3) is 0 Å². The third-order valence-electron chi connectivity index (χ3n) is 3.82. The summed E-state index contributed by atoms with van der Waals surface area (Å²) in [7, 11) is 1.70. The number of nitrogens with zero attached hydrogens (tertiary/aromatic N) is 4. The van der Waals surface area contributed by atoms with E-state index in [4.69, 9.17) is 0 Å². The third kappa shape index (κ3) is 2.59. The Kier molecular flexibility index (Phi) is 3.82. The normalized spacial score (nSPS) is 23.2. The molecule has 0 spiro atoms. The molecule has 7 nitrogen and oxygen atoms in total. The van der Waals surface area contributed by atoms with Gasteiger partial charge in [0.25, 0.3) is 0 Å². The molecule has 0 aromatic carbocycles. The number of nitrogens with one attached hydrogen (secondary N) is 1. The summed E-state index contributed by atoms with van der Waals surface area (Å²) in [6.07, 6.45) is 3.46. The largest absolute Gasteiger partial charge is 0.357 e. The van der Waals surface area contributed by atoms with E-state index in [-0.39, 0.29) is 11.7 Å². The van der Waals surface area contributed by atoms with Crippen LogP contribution in [0.15, 0.2) is 6.20 Å². The summed E-state index contributed by atoms with van der Waals surface area (Å²) >= 11 is 0. The van der Waals surface area contributed by atoms with E-state index in [1.807, 2.05) is 4.90 Å². The van der Waals surface area contributed by atoms with Crippen LogP contribution >= 0.6 is 0 Å². The van der Waals surface area contributed by atoms with E-state index in [0.29, 0.717) is 17.7 Å². The molecule has 2 atom stereocenters. The minimum atomic E-state index is -0.416. The summed E-state index contributed by atoms with van der Waals surface area (Å²) in [6, 6.07) is 0.243. The van der Waals surface area contributed by atoms with Gasteiger partial charge in [0, 0.05) is 19.6 Å². The van der Waals surface area contributed by atoms with Crippen LogP contribution in [0.4, 0.5) is 17.5 Å². The number of nitro groups is 1. The molecule has 1 fully saturated rings. The molecule has 0 aliphatic carbocycles. The molecular formula is C12H19N5O2. The van der Waals surface area contributed by atoms with Crippen LogP contribution in [-0.2, 0) is 0 Å². The molecule has 0 radical (unpaired) electrons. The molecule has 1 aliphatic rings. The average molecular weight is 265 g/mol. The molecule has 104 valence electrons. The number of anilines is 2. The summed E-state index contributed by atoms with van der Waals surface area (Å²) in [6.45, 7) is 5.06. The molecule has 1 aromatic rings. The first-order chi connectivity index (χ1) is 9.04. The second kappa shape index (κ2) is 5.38. The molecular weight excluding hydrogens is 246 g/mol. The fourth-order valence-corrected chi connectivity index (χ4v) is 2.46. The van der Waals surface area contributed by atoms with E-state index in [2.05, 4.69) is 29.1 Å². The standard InChI is InChI=1S/C12H19N5O2/c1-8-5-4-6-16(9(8)2)11-10(17(18)19)7-14-12(13-3)15-11/h7-9H,4-6H2,1-3H3,(H,13,14,15).